The fourth-order valence-electron chi connectivity index (χ4n) is 3.60. The summed E-state index contributed by atoms with van der Waals surface area (Å²) in [5, 5.41) is 1.20. The van der Waals surface area contributed by atoms with Gasteiger partial charge in [0, 0.05) is 17.6 Å². The third kappa shape index (κ3) is 1.64. The van der Waals surface area contributed by atoms with Crippen LogP contribution in [0.15, 0.2) is 36.5 Å². The average molecular weight is 238 g/mol. The van der Waals surface area contributed by atoms with E-state index in [4.69, 9.17) is 5.73 Å². The molecular weight excluding hydrogens is 220 g/mol. The first-order chi connectivity index (χ1) is 8.81. The van der Waals surface area contributed by atoms with Crippen molar-refractivity contribution in [3.05, 3.63) is 42.1 Å². The lowest BCUT2D eigenvalue weighted by molar-refractivity contribution is 0.404. The van der Waals surface area contributed by atoms with Crippen molar-refractivity contribution < 1.29 is 0 Å². The third-order valence-electron chi connectivity index (χ3n) is 4.78. The quantitative estimate of drug-likeness (QED) is 0.872. The molecule has 0 aliphatic heterocycles. The number of benzene rings is 1. The summed E-state index contributed by atoms with van der Waals surface area (Å²) in [6.07, 6.45) is 6.09. The van der Waals surface area contributed by atoms with Crippen molar-refractivity contribution in [3.8, 4) is 0 Å². The summed E-state index contributed by atoms with van der Waals surface area (Å²) in [5.41, 5.74) is 8.70. The van der Waals surface area contributed by atoms with E-state index in [1.54, 1.807) is 0 Å². The normalized spacial score (nSPS) is 31.3. The van der Waals surface area contributed by atoms with Gasteiger partial charge in [-0.05, 0) is 54.7 Å². The molecule has 3 atom stereocenters. The van der Waals surface area contributed by atoms with Crippen LogP contribution in [0, 0.1) is 17.8 Å². The molecule has 0 spiro atoms. The summed E-state index contributed by atoms with van der Waals surface area (Å²) in [4.78, 5) is 4.52. The SMILES string of the molecule is NC(c1cnc2ccccc2c1)C1CC2CC2C1. The van der Waals surface area contributed by atoms with Crippen LogP contribution in [0.5, 0.6) is 0 Å². The molecule has 0 radical (unpaired) electrons. The molecule has 2 N–H and O–H groups in total. The Labute approximate surface area is 107 Å². The number of aromatic nitrogens is 1. The predicted molar refractivity (Wildman–Crippen MR) is 73.0 cm³/mol. The van der Waals surface area contributed by atoms with E-state index in [1.165, 1.54) is 30.2 Å². The van der Waals surface area contributed by atoms with Gasteiger partial charge in [0.1, 0.15) is 0 Å². The van der Waals surface area contributed by atoms with Crippen LogP contribution in [-0.2, 0) is 0 Å². The van der Waals surface area contributed by atoms with Gasteiger partial charge in [0.15, 0.2) is 0 Å². The highest BCUT2D eigenvalue weighted by Gasteiger charge is 2.47. The molecule has 2 nitrogen and oxygen atoms in total. The fraction of sp³-hybridized carbons (Fsp3) is 0.438. The van der Waals surface area contributed by atoms with Crippen molar-refractivity contribution in [2.24, 2.45) is 23.5 Å². The fourth-order valence-corrected chi connectivity index (χ4v) is 3.60. The maximum Gasteiger partial charge on any atom is 0.0702 e. The highest BCUT2D eigenvalue weighted by molar-refractivity contribution is 5.78. The first-order valence-corrected chi connectivity index (χ1v) is 6.91. The van der Waals surface area contributed by atoms with E-state index in [0.717, 1.165) is 17.4 Å². The molecule has 2 fully saturated rings. The van der Waals surface area contributed by atoms with Crippen molar-refractivity contribution in [1.82, 2.24) is 4.98 Å². The summed E-state index contributed by atoms with van der Waals surface area (Å²) < 4.78 is 0. The number of nitrogens with two attached hydrogens (primary N) is 1. The van der Waals surface area contributed by atoms with Crippen molar-refractivity contribution >= 4 is 10.9 Å². The molecule has 2 aromatic rings. The van der Waals surface area contributed by atoms with Gasteiger partial charge in [0.05, 0.1) is 5.52 Å². The van der Waals surface area contributed by atoms with Crippen LogP contribution < -0.4 is 5.73 Å². The molecule has 2 aliphatic carbocycles. The Kier molecular flexibility index (Phi) is 2.21. The lowest BCUT2D eigenvalue weighted by Gasteiger charge is -2.21. The molecule has 2 heteroatoms. The standard InChI is InChI=1S/C16H18N2/c17-16(13-7-11-6-12(11)8-13)14-5-10-3-1-2-4-15(10)18-9-14/h1-5,9,11-13,16H,6-8,17H2. The van der Waals surface area contributed by atoms with Crippen LogP contribution in [0.1, 0.15) is 30.9 Å². The number of rotatable bonds is 2. The van der Waals surface area contributed by atoms with E-state index in [2.05, 4.69) is 29.2 Å². The van der Waals surface area contributed by atoms with Gasteiger partial charge in [-0.2, -0.15) is 0 Å². The smallest absolute Gasteiger partial charge is 0.0702 e. The summed E-state index contributed by atoms with van der Waals surface area (Å²) >= 11 is 0. The topological polar surface area (TPSA) is 38.9 Å². The number of hydrogen-bond acceptors (Lipinski definition) is 2. The summed E-state index contributed by atoms with van der Waals surface area (Å²) in [6, 6.07) is 10.6. The lowest BCUT2D eigenvalue weighted by atomic mass is 9.90. The zero-order chi connectivity index (χ0) is 12.1. The van der Waals surface area contributed by atoms with Crippen molar-refractivity contribution in [3.63, 3.8) is 0 Å². The largest absolute Gasteiger partial charge is 0.324 e. The van der Waals surface area contributed by atoms with Crippen LogP contribution in [0.2, 0.25) is 0 Å². The first-order valence-electron chi connectivity index (χ1n) is 6.91. The van der Waals surface area contributed by atoms with Gasteiger partial charge in [0.2, 0.25) is 0 Å². The van der Waals surface area contributed by atoms with Gasteiger partial charge in [0.25, 0.3) is 0 Å². The van der Waals surface area contributed by atoms with Gasteiger partial charge >= 0.3 is 0 Å². The molecular formula is C16H18N2. The zero-order valence-electron chi connectivity index (χ0n) is 10.4. The first kappa shape index (κ1) is 10.5. The Morgan fingerprint density at radius 3 is 2.72 bits per heavy atom. The van der Waals surface area contributed by atoms with Crippen LogP contribution >= 0.6 is 0 Å². The lowest BCUT2D eigenvalue weighted by Crippen LogP contribution is -2.20. The van der Waals surface area contributed by atoms with E-state index >= 15 is 0 Å². The van der Waals surface area contributed by atoms with Crippen molar-refractivity contribution in [2.45, 2.75) is 25.3 Å². The molecule has 2 saturated carbocycles. The Hall–Kier alpha value is -1.41. The number of nitrogens with zero attached hydrogens (tertiary/aromatic N) is 1. The molecule has 3 unspecified atom stereocenters. The Bertz CT molecular complexity index is 582. The number of pyridine rings is 1. The van der Waals surface area contributed by atoms with Crippen molar-refractivity contribution in [2.75, 3.05) is 0 Å². The minimum Gasteiger partial charge on any atom is -0.324 e. The second-order valence-electron chi connectivity index (χ2n) is 5.97. The molecule has 1 aromatic carbocycles. The molecule has 1 heterocycles. The number of fused-ring (bicyclic) bond motifs is 2. The Morgan fingerprint density at radius 2 is 1.89 bits per heavy atom. The minimum atomic E-state index is 0.176. The van der Waals surface area contributed by atoms with Crippen LogP contribution in [0.4, 0.5) is 0 Å². The second kappa shape index (κ2) is 3.79. The molecule has 4 rings (SSSR count). The molecule has 92 valence electrons. The third-order valence-corrected chi connectivity index (χ3v) is 4.78. The van der Waals surface area contributed by atoms with Gasteiger partial charge < -0.3 is 5.73 Å². The number of hydrogen-bond donors (Lipinski definition) is 1. The van der Waals surface area contributed by atoms with E-state index in [1.807, 2.05) is 12.3 Å². The van der Waals surface area contributed by atoms with Crippen LogP contribution in [0.3, 0.4) is 0 Å². The van der Waals surface area contributed by atoms with E-state index in [-0.39, 0.29) is 6.04 Å². The predicted octanol–water partition coefficient (Wildman–Crippen LogP) is 3.28. The Balaban J connectivity index is 1.65. The average Bonchev–Trinajstić information content (AvgIpc) is 3.04. The van der Waals surface area contributed by atoms with E-state index in [9.17, 15) is 0 Å². The number of para-hydroxylation sites is 1. The Morgan fingerprint density at radius 1 is 1.11 bits per heavy atom. The van der Waals surface area contributed by atoms with E-state index in [0.29, 0.717) is 5.92 Å². The highest BCUT2D eigenvalue weighted by Crippen LogP contribution is 2.56. The van der Waals surface area contributed by atoms with Gasteiger partial charge in [-0.25, -0.2) is 0 Å². The van der Waals surface area contributed by atoms with Gasteiger partial charge in [-0.1, -0.05) is 18.2 Å². The van der Waals surface area contributed by atoms with E-state index < -0.39 is 0 Å². The van der Waals surface area contributed by atoms with Crippen LogP contribution in [-0.4, -0.2) is 4.98 Å². The summed E-state index contributed by atoms with van der Waals surface area (Å²) in [7, 11) is 0. The van der Waals surface area contributed by atoms with Crippen molar-refractivity contribution in [1.29, 1.82) is 0 Å². The monoisotopic (exact) mass is 238 g/mol. The molecule has 18 heavy (non-hydrogen) atoms. The second-order valence-corrected chi connectivity index (χ2v) is 5.97. The van der Waals surface area contributed by atoms with Crippen LogP contribution in [0.25, 0.3) is 10.9 Å². The molecule has 1 aromatic heterocycles. The van der Waals surface area contributed by atoms with Gasteiger partial charge in [-0.3, -0.25) is 4.98 Å². The molecule has 2 aliphatic rings. The summed E-state index contributed by atoms with van der Waals surface area (Å²) in [6.45, 7) is 0. The molecule has 0 bridgehead atoms. The maximum atomic E-state index is 6.43. The summed E-state index contributed by atoms with van der Waals surface area (Å²) in [5.74, 6) is 2.67. The van der Waals surface area contributed by atoms with Gasteiger partial charge in [-0.15, -0.1) is 0 Å². The molecule has 0 amide bonds. The zero-order valence-corrected chi connectivity index (χ0v) is 10.4. The molecule has 0 saturated heterocycles. The minimum absolute atomic E-state index is 0.176. The maximum absolute atomic E-state index is 6.43. The highest BCUT2D eigenvalue weighted by atomic mass is 14.7.